The molecule has 1 amide bonds. The van der Waals surface area contributed by atoms with Gasteiger partial charge in [-0.15, -0.1) is 0 Å². The predicted octanol–water partition coefficient (Wildman–Crippen LogP) is 1.29. The van der Waals surface area contributed by atoms with Crippen molar-refractivity contribution in [1.82, 2.24) is 9.21 Å². The van der Waals surface area contributed by atoms with Crippen LogP contribution in [0.15, 0.2) is 29.2 Å². The first-order valence-corrected chi connectivity index (χ1v) is 11.0. The number of benzene rings is 1. The van der Waals surface area contributed by atoms with Gasteiger partial charge in [0.15, 0.2) is 0 Å². The van der Waals surface area contributed by atoms with Crippen molar-refractivity contribution in [2.75, 3.05) is 45.2 Å². The topological polar surface area (TPSA) is 96.0 Å². The summed E-state index contributed by atoms with van der Waals surface area (Å²) in [6, 6.07) is 6.30. The van der Waals surface area contributed by atoms with E-state index in [4.69, 9.17) is 4.74 Å². The van der Waals surface area contributed by atoms with Crippen LogP contribution in [0.5, 0.6) is 0 Å². The normalized spacial score (nSPS) is 19.5. The van der Waals surface area contributed by atoms with Gasteiger partial charge in [-0.1, -0.05) is 0 Å². The number of esters is 1. The molecule has 0 atom stereocenters. The van der Waals surface area contributed by atoms with E-state index in [1.807, 2.05) is 4.90 Å². The Labute approximate surface area is 165 Å². The fourth-order valence-electron chi connectivity index (χ4n) is 3.68. The Hall–Kier alpha value is -1.97. The van der Waals surface area contributed by atoms with Gasteiger partial charge in [0.25, 0.3) is 0 Å². The molecule has 0 saturated carbocycles. The molecular weight excluding hydrogens is 382 g/mol. The highest BCUT2D eigenvalue weighted by molar-refractivity contribution is 7.89. The summed E-state index contributed by atoms with van der Waals surface area (Å²) in [5.74, 6) is -0.436. The first-order valence-electron chi connectivity index (χ1n) is 9.60. The molecular formula is C19H27N3O5S. The van der Waals surface area contributed by atoms with Gasteiger partial charge in [0, 0.05) is 18.8 Å². The van der Waals surface area contributed by atoms with E-state index in [2.05, 4.69) is 5.32 Å². The quantitative estimate of drug-likeness (QED) is 0.712. The van der Waals surface area contributed by atoms with E-state index in [9.17, 15) is 18.0 Å². The summed E-state index contributed by atoms with van der Waals surface area (Å²) in [5.41, 5.74) is 0.565. The number of methoxy groups -OCH3 is 1. The fourth-order valence-corrected chi connectivity index (χ4v) is 5.20. The van der Waals surface area contributed by atoms with Crippen molar-refractivity contribution < 1.29 is 22.7 Å². The Morgan fingerprint density at radius 2 is 1.68 bits per heavy atom. The first kappa shape index (κ1) is 20.8. The van der Waals surface area contributed by atoms with Crippen LogP contribution in [0, 0.1) is 5.92 Å². The SMILES string of the molecule is COC(=O)C1CCN(CC(=O)Nc2ccc(S(=O)(=O)N3CCCC3)cc2)CC1. The number of carbonyl (C=O) groups excluding carboxylic acids is 2. The van der Waals surface area contributed by atoms with Gasteiger partial charge >= 0.3 is 5.97 Å². The Balaban J connectivity index is 1.50. The average molecular weight is 410 g/mol. The van der Waals surface area contributed by atoms with E-state index in [0.29, 0.717) is 44.7 Å². The zero-order valence-corrected chi connectivity index (χ0v) is 16.9. The third-order valence-corrected chi connectivity index (χ3v) is 7.24. The summed E-state index contributed by atoms with van der Waals surface area (Å²) >= 11 is 0. The molecule has 1 aromatic rings. The van der Waals surface area contributed by atoms with Crippen LogP contribution >= 0.6 is 0 Å². The highest BCUT2D eigenvalue weighted by Crippen LogP contribution is 2.22. The zero-order chi connectivity index (χ0) is 20.1. The number of hydrogen-bond acceptors (Lipinski definition) is 6. The molecule has 0 spiro atoms. The third kappa shape index (κ3) is 4.89. The second-order valence-electron chi connectivity index (χ2n) is 7.26. The smallest absolute Gasteiger partial charge is 0.308 e. The largest absolute Gasteiger partial charge is 0.469 e. The number of amides is 1. The molecule has 0 aliphatic carbocycles. The lowest BCUT2D eigenvalue weighted by atomic mass is 9.97. The van der Waals surface area contributed by atoms with Gasteiger partial charge < -0.3 is 10.1 Å². The molecule has 0 aromatic heterocycles. The number of sulfonamides is 1. The summed E-state index contributed by atoms with van der Waals surface area (Å²) in [7, 11) is -2.05. The van der Waals surface area contributed by atoms with Gasteiger partial charge in [-0.25, -0.2) is 8.42 Å². The van der Waals surface area contributed by atoms with Crippen molar-refractivity contribution in [3.63, 3.8) is 0 Å². The van der Waals surface area contributed by atoms with Crippen molar-refractivity contribution in [2.24, 2.45) is 5.92 Å². The number of carbonyl (C=O) groups is 2. The van der Waals surface area contributed by atoms with Crippen LogP contribution < -0.4 is 5.32 Å². The third-order valence-electron chi connectivity index (χ3n) is 5.33. The lowest BCUT2D eigenvalue weighted by molar-refractivity contribution is -0.147. The molecule has 0 radical (unpaired) electrons. The maximum atomic E-state index is 12.5. The number of nitrogens with zero attached hydrogens (tertiary/aromatic N) is 2. The molecule has 1 N–H and O–H groups in total. The molecule has 2 fully saturated rings. The van der Waals surface area contributed by atoms with Crippen molar-refractivity contribution >= 4 is 27.6 Å². The van der Waals surface area contributed by atoms with Gasteiger partial charge in [-0.2, -0.15) is 4.31 Å². The minimum absolute atomic E-state index is 0.0885. The van der Waals surface area contributed by atoms with Crippen molar-refractivity contribution in [2.45, 2.75) is 30.6 Å². The predicted molar refractivity (Wildman–Crippen MR) is 104 cm³/mol. The van der Waals surface area contributed by atoms with E-state index in [1.54, 1.807) is 12.1 Å². The van der Waals surface area contributed by atoms with Crippen molar-refractivity contribution in [3.8, 4) is 0 Å². The molecule has 8 nitrogen and oxygen atoms in total. The van der Waals surface area contributed by atoms with E-state index in [1.165, 1.54) is 23.5 Å². The lowest BCUT2D eigenvalue weighted by Gasteiger charge is -2.29. The average Bonchev–Trinajstić information content (AvgIpc) is 3.24. The highest BCUT2D eigenvalue weighted by Gasteiger charge is 2.28. The molecule has 154 valence electrons. The number of likely N-dealkylation sites (tertiary alicyclic amines) is 1. The minimum Gasteiger partial charge on any atom is -0.469 e. The van der Waals surface area contributed by atoms with E-state index in [0.717, 1.165) is 12.8 Å². The van der Waals surface area contributed by atoms with Gasteiger partial charge in [-0.05, 0) is 63.0 Å². The maximum absolute atomic E-state index is 12.5. The summed E-state index contributed by atoms with van der Waals surface area (Å²) < 4.78 is 31.3. The summed E-state index contributed by atoms with van der Waals surface area (Å²) in [6.45, 7) is 2.70. The molecule has 3 rings (SSSR count). The highest BCUT2D eigenvalue weighted by atomic mass is 32.2. The van der Waals surface area contributed by atoms with E-state index >= 15 is 0 Å². The molecule has 28 heavy (non-hydrogen) atoms. The molecule has 2 heterocycles. The molecule has 2 aliphatic heterocycles. The van der Waals surface area contributed by atoms with Crippen LogP contribution in [0.1, 0.15) is 25.7 Å². The second-order valence-corrected chi connectivity index (χ2v) is 9.20. The Kier molecular flexibility index (Phi) is 6.69. The summed E-state index contributed by atoms with van der Waals surface area (Å²) in [5, 5.41) is 2.80. The van der Waals surface area contributed by atoms with Crippen LogP contribution in [0.4, 0.5) is 5.69 Å². The van der Waals surface area contributed by atoms with E-state index in [-0.39, 0.29) is 29.2 Å². The fraction of sp³-hybridized carbons (Fsp3) is 0.579. The lowest BCUT2D eigenvalue weighted by Crippen LogP contribution is -2.41. The van der Waals surface area contributed by atoms with Crippen LogP contribution in [0.25, 0.3) is 0 Å². The monoisotopic (exact) mass is 409 g/mol. The van der Waals surface area contributed by atoms with Crippen molar-refractivity contribution in [1.29, 1.82) is 0 Å². The molecule has 0 bridgehead atoms. The molecule has 1 aromatic carbocycles. The Morgan fingerprint density at radius 1 is 1.07 bits per heavy atom. The summed E-state index contributed by atoms with van der Waals surface area (Å²) in [6.07, 6.45) is 3.15. The standard InChI is InChI=1S/C19H27N3O5S/c1-27-19(24)15-8-12-21(13-9-15)14-18(23)20-16-4-6-17(7-5-16)28(25,26)22-10-2-3-11-22/h4-7,15H,2-3,8-14H2,1H3,(H,20,23). The Morgan fingerprint density at radius 3 is 2.25 bits per heavy atom. The number of rotatable bonds is 6. The van der Waals surface area contributed by atoms with Crippen LogP contribution in [-0.4, -0.2) is 69.3 Å². The molecule has 0 unspecified atom stereocenters. The van der Waals surface area contributed by atoms with Crippen LogP contribution in [-0.2, 0) is 24.3 Å². The summed E-state index contributed by atoms with van der Waals surface area (Å²) in [4.78, 5) is 26.1. The van der Waals surface area contributed by atoms with E-state index < -0.39 is 10.0 Å². The van der Waals surface area contributed by atoms with Gasteiger partial charge in [0.2, 0.25) is 15.9 Å². The number of nitrogens with one attached hydrogen (secondary N) is 1. The first-order chi connectivity index (χ1) is 13.4. The number of piperidine rings is 1. The second kappa shape index (κ2) is 9.02. The van der Waals surface area contributed by atoms with Crippen LogP contribution in [0.3, 0.4) is 0 Å². The zero-order valence-electron chi connectivity index (χ0n) is 16.1. The van der Waals surface area contributed by atoms with Gasteiger partial charge in [0.1, 0.15) is 0 Å². The minimum atomic E-state index is -3.45. The van der Waals surface area contributed by atoms with Crippen molar-refractivity contribution in [3.05, 3.63) is 24.3 Å². The molecule has 9 heteroatoms. The number of ether oxygens (including phenoxy) is 1. The number of hydrogen-bond donors (Lipinski definition) is 1. The maximum Gasteiger partial charge on any atom is 0.308 e. The molecule has 2 saturated heterocycles. The Bertz CT molecular complexity index is 795. The van der Waals surface area contributed by atoms with Gasteiger partial charge in [-0.3, -0.25) is 14.5 Å². The van der Waals surface area contributed by atoms with Crippen LogP contribution in [0.2, 0.25) is 0 Å². The number of anilines is 1. The molecule has 2 aliphatic rings. The van der Waals surface area contributed by atoms with Gasteiger partial charge in [0.05, 0.1) is 24.5 Å².